The minimum atomic E-state index is 0.00185. The Hall–Kier alpha value is -2.29. The first-order valence-electron chi connectivity index (χ1n) is 5.70. The molecule has 0 bridgehead atoms. The first-order valence-corrected chi connectivity index (χ1v) is 5.70. The van der Waals surface area contributed by atoms with Crippen LogP contribution in [-0.2, 0) is 0 Å². The number of aryl methyl sites for hydroxylation is 1. The number of aromatic hydroxyl groups is 1. The van der Waals surface area contributed by atoms with Crippen LogP contribution in [0.2, 0.25) is 0 Å². The summed E-state index contributed by atoms with van der Waals surface area (Å²) in [5, 5.41) is 9.68. The molecule has 18 heavy (non-hydrogen) atoms. The summed E-state index contributed by atoms with van der Waals surface area (Å²) in [6.07, 6.45) is 0.645. The first kappa shape index (κ1) is 12.2. The van der Waals surface area contributed by atoms with E-state index in [2.05, 4.69) is 6.07 Å². The molecule has 0 saturated heterocycles. The molecule has 3 nitrogen and oxygen atoms in total. The molecule has 0 aliphatic carbocycles. The van der Waals surface area contributed by atoms with Gasteiger partial charge in [-0.1, -0.05) is 12.1 Å². The lowest BCUT2D eigenvalue weighted by molar-refractivity contribution is 0.112. The van der Waals surface area contributed by atoms with Crippen molar-refractivity contribution in [1.29, 1.82) is 0 Å². The Bertz CT molecular complexity index is 578. The third-order valence-electron chi connectivity index (χ3n) is 2.92. The molecule has 0 saturated carbocycles. The van der Waals surface area contributed by atoms with Crippen LogP contribution in [0.3, 0.4) is 0 Å². The van der Waals surface area contributed by atoms with Crippen molar-refractivity contribution in [2.45, 2.75) is 6.92 Å². The molecule has 3 heteroatoms. The molecule has 0 amide bonds. The maximum atomic E-state index is 10.6. The molecular weight excluding hydrogens is 226 g/mol. The second kappa shape index (κ2) is 4.92. The zero-order chi connectivity index (χ0) is 13.1. The molecule has 92 valence electrons. The molecule has 0 unspecified atom stereocenters. The van der Waals surface area contributed by atoms with Gasteiger partial charge in [0, 0.05) is 24.5 Å². The Morgan fingerprint density at radius 1 is 1.11 bits per heavy atom. The molecule has 2 aromatic carbocycles. The topological polar surface area (TPSA) is 40.5 Å². The second-order valence-electron chi connectivity index (χ2n) is 4.26. The fraction of sp³-hybridized carbons (Fsp3) is 0.133. The van der Waals surface area contributed by atoms with Crippen LogP contribution < -0.4 is 4.90 Å². The molecule has 0 aromatic heterocycles. The van der Waals surface area contributed by atoms with Crippen molar-refractivity contribution in [1.82, 2.24) is 0 Å². The van der Waals surface area contributed by atoms with Gasteiger partial charge in [0.05, 0.1) is 5.56 Å². The highest BCUT2D eigenvalue weighted by Gasteiger charge is 2.07. The lowest BCUT2D eigenvalue weighted by Gasteiger charge is -2.20. The molecule has 2 rings (SSSR count). The highest BCUT2D eigenvalue weighted by Crippen LogP contribution is 2.28. The van der Waals surface area contributed by atoms with Gasteiger partial charge in [-0.25, -0.2) is 0 Å². The number of carbonyl (C=O) groups excluding carboxylic acids is 1. The molecule has 2 aromatic rings. The predicted molar refractivity (Wildman–Crippen MR) is 72.7 cm³/mol. The van der Waals surface area contributed by atoms with Crippen LogP contribution in [0.25, 0.3) is 0 Å². The van der Waals surface area contributed by atoms with Crippen LogP contribution in [0.15, 0.2) is 42.5 Å². The molecule has 0 fully saturated rings. The van der Waals surface area contributed by atoms with Crippen LogP contribution in [0.4, 0.5) is 11.4 Å². The lowest BCUT2D eigenvalue weighted by atomic mass is 10.1. The van der Waals surface area contributed by atoms with E-state index < -0.39 is 0 Å². The van der Waals surface area contributed by atoms with Crippen molar-refractivity contribution < 1.29 is 9.90 Å². The molecule has 0 radical (unpaired) electrons. The summed E-state index contributed by atoms with van der Waals surface area (Å²) in [4.78, 5) is 12.6. The van der Waals surface area contributed by atoms with E-state index in [0.717, 1.165) is 11.4 Å². The molecular formula is C15H15NO2. The zero-order valence-corrected chi connectivity index (χ0v) is 10.4. The number of phenolic OH excluding ortho intramolecular Hbond substituents is 1. The minimum absolute atomic E-state index is 0.00185. The zero-order valence-electron chi connectivity index (χ0n) is 10.4. The van der Waals surface area contributed by atoms with Gasteiger partial charge in [-0.3, -0.25) is 4.79 Å². The summed E-state index contributed by atoms with van der Waals surface area (Å²) in [7, 11) is 1.92. The third-order valence-corrected chi connectivity index (χ3v) is 2.92. The maximum Gasteiger partial charge on any atom is 0.153 e. The minimum Gasteiger partial charge on any atom is -0.507 e. The molecule has 0 spiro atoms. The number of benzene rings is 2. The van der Waals surface area contributed by atoms with Gasteiger partial charge in [-0.2, -0.15) is 0 Å². The number of phenols is 1. The fourth-order valence-electron chi connectivity index (χ4n) is 1.83. The van der Waals surface area contributed by atoms with Crippen molar-refractivity contribution in [2.24, 2.45) is 0 Å². The average molecular weight is 241 g/mol. The molecule has 0 atom stereocenters. The van der Waals surface area contributed by atoms with Crippen LogP contribution in [0, 0.1) is 6.92 Å². The SMILES string of the molecule is Cc1cccc(N(C)c2ccc(C=O)c(O)c2)c1. The number of rotatable bonds is 3. The van der Waals surface area contributed by atoms with Crippen molar-refractivity contribution in [3.63, 3.8) is 0 Å². The van der Waals surface area contributed by atoms with Crippen molar-refractivity contribution in [3.8, 4) is 5.75 Å². The monoisotopic (exact) mass is 241 g/mol. The van der Waals surface area contributed by atoms with Crippen LogP contribution in [0.5, 0.6) is 5.75 Å². The molecule has 1 N–H and O–H groups in total. The van der Waals surface area contributed by atoms with E-state index in [1.165, 1.54) is 5.56 Å². The highest BCUT2D eigenvalue weighted by atomic mass is 16.3. The van der Waals surface area contributed by atoms with Gasteiger partial charge in [-0.15, -0.1) is 0 Å². The molecule has 0 aliphatic heterocycles. The summed E-state index contributed by atoms with van der Waals surface area (Å²) in [5.74, 6) is 0.00185. The molecule has 0 heterocycles. The van der Waals surface area contributed by atoms with Gasteiger partial charge in [0.25, 0.3) is 0 Å². The smallest absolute Gasteiger partial charge is 0.153 e. The predicted octanol–water partition coefficient (Wildman–Crippen LogP) is 3.28. The van der Waals surface area contributed by atoms with Crippen molar-refractivity contribution >= 4 is 17.7 Å². The molecule has 0 aliphatic rings. The van der Waals surface area contributed by atoms with Crippen LogP contribution >= 0.6 is 0 Å². The Morgan fingerprint density at radius 3 is 2.44 bits per heavy atom. The number of anilines is 2. The Kier molecular flexibility index (Phi) is 3.33. The van der Waals surface area contributed by atoms with E-state index in [4.69, 9.17) is 0 Å². The Balaban J connectivity index is 2.37. The number of nitrogens with zero attached hydrogens (tertiary/aromatic N) is 1. The van der Waals surface area contributed by atoms with E-state index in [1.807, 2.05) is 43.1 Å². The second-order valence-corrected chi connectivity index (χ2v) is 4.26. The summed E-state index contributed by atoms with van der Waals surface area (Å²) in [6.45, 7) is 2.03. The fourth-order valence-corrected chi connectivity index (χ4v) is 1.83. The van der Waals surface area contributed by atoms with Gasteiger partial charge in [-0.05, 0) is 36.8 Å². The van der Waals surface area contributed by atoms with E-state index in [1.54, 1.807) is 12.1 Å². The van der Waals surface area contributed by atoms with Crippen molar-refractivity contribution in [2.75, 3.05) is 11.9 Å². The highest BCUT2D eigenvalue weighted by molar-refractivity contribution is 5.81. The van der Waals surface area contributed by atoms with E-state index in [9.17, 15) is 9.90 Å². The Morgan fingerprint density at radius 2 is 1.83 bits per heavy atom. The standard InChI is InChI=1S/C15H15NO2/c1-11-4-3-5-13(8-11)16(2)14-7-6-12(10-17)15(18)9-14/h3-10,18H,1-2H3. The summed E-state index contributed by atoms with van der Waals surface area (Å²) in [6, 6.07) is 13.1. The number of hydrogen-bond donors (Lipinski definition) is 1. The summed E-state index contributed by atoms with van der Waals surface area (Å²) >= 11 is 0. The first-order chi connectivity index (χ1) is 8.61. The van der Waals surface area contributed by atoms with Gasteiger partial charge in [0.1, 0.15) is 5.75 Å². The van der Waals surface area contributed by atoms with Gasteiger partial charge >= 0.3 is 0 Å². The van der Waals surface area contributed by atoms with Gasteiger partial charge < -0.3 is 10.0 Å². The largest absolute Gasteiger partial charge is 0.507 e. The van der Waals surface area contributed by atoms with Crippen LogP contribution in [0.1, 0.15) is 15.9 Å². The lowest BCUT2D eigenvalue weighted by Crippen LogP contribution is -2.09. The average Bonchev–Trinajstić information content (AvgIpc) is 2.37. The number of carbonyl (C=O) groups is 1. The van der Waals surface area contributed by atoms with Gasteiger partial charge in [0.15, 0.2) is 6.29 Å². The summed E-state index contributed by atoms with van der Waals surface area (Å²) < 4.78 is 0. The maximum absolute atomic E-state index is 10.6. The van der Waals surface area contributed by atoms with E-state index in [0.29, 0.717) is 11.8 Å². The normalized spacial score (nSPS) is 10.1. The Labute approximate surface area is 106 Å². The van der Waals surface area contributed by atoms with Crippen LogP contribution in [-0.4, -0.2) is 18.4 Å². The quantitative estimate of drug-likeness (QED) is 0.838. The number of aldehydes is 1. The third kappa shape index (κ3) is 2.35. The van der Waals surface area contributed by atoms with Gasteiger partial charge in [0.2, 0.25) is 0 Å². The van der Waals surface area contributed by atoms with Crippen molar-refractivity contribution in [3.05, 3.63) is 53.6 Å². The van der Waals surface area contributed by atoms with E-state index in [-0.39, 0.29) is 5.75 Å². The van der Waals surface area contributed by atoms with E-state index >= 15 is 0 Å². The number of hydrogen-bond acceptors (Lipinski definition) is 3. The summed E-state index contributed by atoms with van der Waals surface area (Å²) in [5.41, 5.74) is 3.35.